The van der Waals surface area contributed by atoms with Crippen molar-refractivity contribution < 1.29 is 4.79 Å². The highest BCUT2D eigenvalue weighted by Gasteiger charge is 2.00. The first-order chi connectivity index (χ1) is 7.18. The molecule has 0 unspecified atom stereocenters. The highest BCUT2D eigenvalue weighted by atomic mass is 16.1. The SMILES string of the molecule is CC(=O)CCCN(C)CCc1cc[nH]c1. The Labute approximate surface area is 91.5 Å². The molecule has 0 saturated heterocycles. The summed E-state index contributed by atoms with van der Waals surface area (Å²) in [6.07, 6.45) is 6.72. The molecule has 0 aliphatic rings. The molecule has 0 aromatic carbocycles. The molecule has 3 heteroatoms. The highest BCUT2D eigenvalue weighted by Crippen LogP contribution is 2.00. The molecule has 1 aromatic rings. The zero-order valence-corrected chi connectivity index (χ0v) is 9.62. The number of carbonyl (C=O) groups is 1. The number of aromatic nitrogens is 1. The largest absolute Gasteiger partial charge is 0.367 e. The standard InChI is InChI=1S/C12H20N2O/c1-11(15)4-3-8-14(2)9-6-12-5-7-13-10-12/h5,7,10,13H,3-4,6,8-9H2,1-2H3. The van der Waals surface area contributed by atoms with E-state index in [0.717, 1.165) is 25.9 Å². The van der Waals surface area contributed by atoms with E-state index in [-0.39, 0.29) is 5.78 Å². The fourth-order valence-corrected chi connectivity index (χ4v) is 1.54. The molecule has 0 fully saturated rings. The van der Waals surface area contributed by atoms with Gasteiger partial charge in [0.25, 0.3) is 0 Å². The number of hydrogen-bond donors (Lipinski definition) is 1. The van der Waals surface area contributed by atoms with Crippen molar-refractivity contribution in [3.8, 4) is 0 Å². The second-order valence-corrected chi connectivity index (χ2v) is 4.08. The molecule has 84 valence electrons. The van der Waals surface area contributed by atoms with Crippen LogP contribution in [-0.4, -0.2) is 35.8 Å². The number of rotatable bonds is 7. The summed E-state index contributed by atoms with van der Waals surface area (Å²) >= 11 is 0. The van der Waals surface area contributed by atoms with Crippen LogP contribution < -0.4 is 0 Å². The first-order valence-electron chi connectivity index (χ1n) is 5.48. The zero-order chi connectivity index (χ0) is 11.1. The van der Waals surface area contributed by atoms with E-state index < -0.39 is 0 Å². The first-order valence-corrected chi connectivity index (χ1v) is 5.48. The molecule has 1 rings (SSSR count). The Morgan fingerprint density at radius 1 is 1.47 bits per heavy atom. The van der Waals surface area contributed by atoms with Crippen LogP contribution in [0.5, 0.6) is 0 Å². The normalized spacial score (nSPS) is 10.9. The van der Waals surface area contributed by atoms with E-state index in [1.807, 2.05) is 12.4 Å². The first kappa shape index (κ1) is 12.0. The monoisotopic (exact) mass is 208 g/mol. The molecule has 1 heterocycles. The summed E-state index contributed by atoms with van der Waals surface area (Å²) in [4.78, 5) is 16.1. The zero-order valence-electron chi connectivity index (χ0n) is 9.62. The van der Waals surface area contributed by atoms with Gasteiger partial charge in [0.05, 0.1) is 0 Å². The third-order valence-corrected chi connectivity index (χ3v) is 2.51. The van der Waals surface area contributed by atoms with Gasteiger partial charge in [-0.15, -0.1) is 0 Å². The van der Waals surface area contributed by atoms with Crippen molar-refractivity contribution in [2.45, 2.75) is 26.2 Å². The predicted octanol–water partition coefficient (Wildman–Crippen LogP) is 1.86. The van der Waals surface area contributed by atoms with E-state index in [1.54, 1.807) is 6.92 Å². The number of ketones is 1. The molecule has 0 bridgehead atoms. The average Bonchev–Trinajstić information content (AvgIpc) is 2.66. The second-order valence-electron chi connectivity index (χ2n) is 4.08. The van der Waals surface area contributed by atoms with Crippen molar-refractivity contribution in [3.63, 3.8) is 0 Å². The van der Waals surface area contributed by atoms with Gasteiger partial charge in [0.15, 0.2) is 0 Å². The Kier molecular flexibility index (Phi) is 5.12. The maximum atomic E-state index is 10.7. The van der Waals surface area contributed by atoms with E-state index in [1.165, 1.54) is 5.56 Å². The van der Waals surface area contributed by atoms with Crippen molar-refractivity contribution in [1.29, 1.82) is 0 Å². The van der Waals surface area contributed by atoms with Crippen LogP contribution in [0.1, 0.15) is 25.3 Å². The van der Waals surface area contributed by atoms with Crippen LogP contribution in [-0.2, 0) is 11.2 Å². The molecule has 1 N–H and O–H groups in total. The lowest BCUT2D eigenvalue weighted by Gasteiger charge is -2.15. The van der Waals surface area contributed by atoms with Crippen LogP contribution in [0.25, 0.3) is 0 Å². The lowest BCUT2D eigenvalue weighted by Crippen LogP contribution is -2.22. The molecule has 15 heavy (non-hydrogen) atoms. The van der Waals surface area contributed by atoms with E-state index in [9.17, 15) is 4.79 Å². The molecule has 1 aromatic heterocycles. The molecular weight excluding hydrogens is 188 g/mol. The molecule has 3 nitrogen and oxygen atoms in total. The Morgan fingerprint density at radius 2 is 2.27 bits per heavy atom. The van der Waals surface area contributed by atoms with E-state index >= 15 is 0 Å². The van der Waals surface area contributed by atoms with Crippen molar-refractivity contribution >= 4 is 5.78 Å². The Balaban J connectivity index is 2.08. The van der Waals surface area contributed by atoms with Crippen LogP contribution in [0, 0.1) is 0 Å². The number of carbonyl (C=O) groups excluding carboxylic acids is 1. The van der Waals surface area contributed by atoms with Gasteiger partial charge in [0, 0.05) is 25.4 Å². The summed E-state index contributed by atoms with van der Waals surface area (Å²) < 4.78 is 0. The summed E-state index contributed by atoms with van der Waals surface area (Å²) in [6, 6.07) is 2.10. The Hall–Kier alpha value is -1.09. The van der Waals surface area contributed by atoms with Crippen molar-refractivity contribution in [2.24, 2.45) is 0 Å². The molecule has 0 atom stereocenters. The molecule has 0 spiro atoms. The number of likely N-dealkylation sites (N-methyl/N-ethyl adjacent to an activating group) is 1. The minimum atomic E-state index is 0.286. The van der Waals surface area contributed by atoms with Gasteiger partial charge in [-0.1, -0.05) is 0 Å². The lowest BCUT2D eigenvalue weighted by molar-refractivity contribution is -0.117. The van der Waals surface area contributed by atoms with E-state index in [2.05, 4.69) is 23.0 Å². The van der Waals surface area contributed by atoms with Gasteiger partial charge in [-0.2, -0.15) is 0 Å². The molecule has 0 radical (unpaired) electrons. The number of Topliss-reactive ketones (excluding diaryl/α,β-unsaturated/α-hetero) is 1. The Morgan fingerprint density at radius 3 is 2.87 bits per heavy atom. The van der Waals surface area contributed by atoms with E-state index in [0.29, 0.717) is 6.42 Å². The number of nitrogens with one attached hydrogen (secondary N) is 1. The lowest BCUT2D eigenvalue weighted by atomic mass is 10.2. The molecule has 0 aliphatic heterocycles. The van der Waals surface area contributed by atoms with Crippen LogP contribution >= 0.6 is 0 Å². The summed E-state index contributed by atoms with van der Waals surface area (Å²) in [7, 11) is 2.10. The van der Waals surface area contributed by atoms with Crippen LogP contribution in [0.2, 0.25) is 0 Å². The molecular formula is C12H20N2O. The quantitative estimate of drug-likeness (QED) is 0.742. The fourth-order valence-electron chi connectivity index (χ4n) is 1.54. The Bertz CT molecular complexity index is 280. The molecule has 0 aliphatic carbocycles. The van der Waals surface area contributed by atoms with Crippen molar-refractivity contribution in [3.05, 3.63) is 24.0 Å². The summed E-state index contributed by atoms with van der Waals surface area (Å²) in [5, 5.41) is 0. The van der Waals surface area contributed by atoms with E-state index in [4.69, 9.17) is 0 Å². The van der Waals surface area contributed by atoms with Crippen LogP contribution in [0.15, 0.2) is 18.5 Å². The second kappa shape index (κ2) is 6.40. The third-order valence-electron chi connectivity index (χ3n) is 2.51. The number of hydrogen-bond acceptors (Lipinski definition) is 2. The topological polar surface area (TPSA) is 36.1 Å². The van der Waals surface area contributed by atoms with Gasteiger partial charge < -0.3 is 14.7 Å². The van der Waals surface area contributed by atoms with Crippen LogP contribution in [0.3, 0.4) is 0 Å². The molecule has 0 saturated carbocycles. The maximum Gasteiger partial charge on any atom is 0.129 e. The van der Waals surface area contributed by atoms with Gasteiger partial charge in [-0.3, -0.25) is 0 Å². The minimum absolute atomic E-state index is 0.286. The maximum absolute atomic E-state index is 10.7. The van der Waals surface area contributed by atoms with Gasteiger partial charge in [-0.05, 0) is 45.0 Å². The summed E-state index contributed by atoms with van der Waals surface area (Å²) in [5.41, 5.74) is 1.34. The highest BCUT2D eigenvalue weighted by molar-refractivity contribution is 5.75. The third kappa shape index (κ3) is 5.37. The average molecular weight is 208 g/mol. The fraction of sp³-hybridized carbons (Fsp3) is 0.583. The van der Waals surface area contributed by atoms with Gasteiger partial charge >= 0.3 is 0 Å². The number of nitrogens with zero attached hydrogens (tertiary/aromatic N) is 1. The van der Waals surface area contributed by atoms with Crippen molar-refractivity contribution in [1.82, 2.24) is 9.88 Å². The van der Waals surface area contributed by atoms with Crippen molar-refractivity contribution in [2.75, 3.05) is 20.1 Å². The number of H-pyrrole nitrogens is 1. The van der Waals surface area contributed by atoms with Gasteiger partial charge in [-0.25, -0.2) is 0 Å². The summed E-state index contributed by atoms with van der Waals surface area (Å²) in [5.74, 6) is 0.286. The van der Waals surface area contributed by atoms with Crippen LogP contribution in [0.4, 0.5) is 0 Å². The summed E-state index contributed by atoms with van der Waals surface area (Å²) in [6.45, 7) is 3.71. The smallest absolute Gasteiger partial charge is 0.129 e. The predicted molar refractivity (Wildman–Crippen MR) is 61.9 cm³/mol. The molecule has 0 amide bonds. The minimum Gasteiger partial charge on any atom is -0.367 e. The number of aromatic amines is 1. The van der Waals surface area contributed by atoms with Gasteiger partial charge in [0.1, 0.15) is 5.78 Å². The van der Waals surface area contributed by atoms with Gasteiger partial charge in [0.2, 0.25) is 0 Å².